The minimum atomic E-state index is -0.112. The van der Waals surface area contributed by atoms with E-state index < -0.39 is 0 Å². The lowest BCUT2D eigenvalue weighted by atomic mass is 9.65. The molecule has 0 saturated heterocycles. The number of hydrogen-bond donors (Lipinski definition) is 0. The fourth-order valence-electron chi connectivity index (χ4n) is 6.37. The van der Waals surface area contributed by atoms with Crippen LogP contribution in [0.4, 0.5) is 11.4 Å². The first-order valence-corrected chi connectivity index (χ1v) is 12.3. The SMILES string of the molecule is CCC1(c2c3c(c(N(C)C)c(N(C)C)c2C2(CC)C=CC=C2)Cc2ccccc2-3)C=CC=C1. The molecule has 0 bridgehead atoms. The summed E-state index contributed by atoms with van der Waals surface area (Å²) in [5.41, 5.74) is 11.3. The summed E-state index contributed by atoms with van der Waals surface area (Å²) in [5, 5.41) is 0. The Labute approximate surface area is 199 Å². The molecule has 0 unspecified atom stereocenters. The van der Waals surface area contributed by atoms with Crippen molar-refractivity contribution in [3.05, 3.63) is 95.1 Å². The summed E-state index contributed by atoms with van der Waals surface area (Å²) in [6, 6.07) is 9.05. The average molecular weight is 437 g/mol. The fourth-order valence-corrected chi connectivity index (χ4v) is 6.37. The van der Waals surface area contributed by atoms with Gasteiger partial charge in [-0.2, -0.15) is 0 Å². The highest BCUT2D eigenvalue weighted by Gasteiger charge is 2.44. The molecule has 0 amide bonds. The Morgan fingerprint density at radius 2 is 1.21 bits per heavy atom. The van der Waals surface area contributed by atoms with E-state index in [0.717, 1.165) is 19.3 Å². The van der Waals surface area contributed by atoms with Crippen LogP contribution in [-0.2, 0) is 17.3 Å². The molecule has 2 aromatic rings. The van der Waals surface area contributed by atoms with Gasteiger partial charge in [0.2, 0.25) is 0 Å². The Kier molecular flexibility index (Phi) is 5.16. The molecule has 0 aromatic heterocycles. The molecule has 2 heteroatoms. The molecule has 0 aliphatic heterocycles. The molecule has 0 spiro atoms. The van der Waals surface area contributed by atoms with Crippen molar-refractivity contribution in [3.8, 4) is 11.1 Å². The fraction of sp³-hybridized carbons (Fsp3) is 0.355. The van der Waals surface area contributed by atoms with Gasteiger partial charge < -0.3 is 9.80 Å². The van der Waals surface area contributed by atoms with Gasteiger partial charge in [-0.1, -0.05) is 86.7 Å². The molecule has 5 rings (SSSR count). The zero-order valence-electron chi connectivity index (χ0n) is 20.9. The molecule has 170 valence electrons. The van der Waals surface area contributed by atoms with Crippen LogP contribution in [-0.4, -0.2) is 28.2 Å². The summed E-state index contributed by atoms with van der Waals surface area (Å²) < 4.78 is 0. The predicted octanol–water partition coefficient (Wildman–Crippen LogP) is 6.94. The van der Waals surface area contributed by atoms with E-state index >= 15 is 0 Å². The quantitative estimate of drug-likeness (QED) is 0.413. The molecular formula is C31H36N2. The molecule has 0 saturated carbocycles. The molecule has 2 nitrogen and oxygen atoms in total. The lowest BCUT2D eigenvalue weighted by molar-refractivity contribution is 0.594. The number of nitrogens with zero attached hydrogens (tertiary/aromatic N) is 2. The molecule has 0 N–H and O–H groups in total. The van der Waals surface area contributed by atoms with Gasteiger partial charge >= 0.3 is 0 Å². The lowest BCUT2D eigenvalue weighted by Gasteiger charge is -2.41. The zero-order chi connectivity index (χ0) is 23.4. The topological polar surface area (TPSA) is 6.48 Å². The van der Waals surface area contributed by atoms with Crippen LogP contribution in [0.3, 0.4) is 0 Å². The summed E-state index contributed by atoms with van der Waals surface area (Å²) in [4.78, 5) is 4.71. The van der Waals surface area contributed by atoms with Gasteiger partial charge in [-0.15, -0.1) is 0 Å². The number of anilines is 2. The Balaban J connectivity index is 2.05. The molecule has 0 radical (unpaired) electrons. The molecule has 0 fully saturated rings. The van der Waals surface area contributed by atoms with Crippen LogP contribution in [0.2, 0.25) is 0 Å². The third kappa shape index (κ3) is 3.00. The maximum absolute atomic E-state index is 2.44. The molecular weight excluding hydrogens is 400 g/mol. The third-order valence-electron chi connectivity index (χ3n) is 7.99. The summed E-state index contributed by atoms with van der Waals surface area (Å²) >= 11 is 0. The first-order valence-electron chi connectivity index (χ1n) is 12.3. The number of hydrogen-bond acceptors (Lipinski definition) is 2. The lowest BCUT2D eigenvalue weighted by Crippen LogP contribution is -2.33. The maximum Gasteiger partial charge on any atom is 0.0650 e. The van der Waals surface area contributed by atoms with Gasteiger partial charge in [0.25, 0.3) is 0 Å². The Morgan fingerprint density at radius 1 is 0.697 bits per heavy atom. The second-order valence-corrected chi connectivity index (χ2v) is 10.1. The molecule has 0 heterocycles. The smallest absolute Gasteiger partial charge is 0.0650 e. The van der Waals surface area contributed by atoms with E-state index in [0.29, 0.717) is 0 Å². The monoisotopic (exact) mass is 436 g/mol. The van der Waals surface area contributed by atoms with Crippen LogP contribution >= 0.6 is 0 Å². The van der Waals surface area contributed by atoms with E-state index in [-0.39, 0.29) is 10.8 Å². The van der Waals surface area contributed by atoms with Gasteiger partial charge in [0, 0.05) is 45.4 Å². The minimum Gasteiger partial charge on any atom is -0.376 e. The number of rotatable bonds is 6. The van der Waals surface area contributed by atoms with Gasteiger partial charge in [-0.05, 0) is 46.2 Å². The van der Waals surface area contributed by atoms with Crippen molar-refractivity contribution in [1.29, 1.82) is 0 Å². The average Bonchev–Trinajstić information content (AvgIpc) is 3.56. The highest BCUT2D eigenvalue weighted by molar-refractivity contribution is 5.95. The van der Waals surface area contributed by atoms with E-state index in [2.05, 4.69) is 125 Å². The summed E-state index contributed by atoms with van der Waals surface area (Å²) in [6.07, 6.45) is 21.8. The first kappa shape index (κ1) is 21.8. The highest BCUT2D eigenvalue weighted by atomic mass is 15.1. The predicted molar refractivity (Wildman–Crippen MR) is 144 cm³/mol. The first-order chi connectivity index (χ1) is 15.9. The highest BCUT2D eigenvalue weighted by Crippen LogP contribution is 2.58. The van der Waals surface area contributed by atoms with Crippen molar-refractivity contribution < 1.29 is 0 Å². The van der Waals surface area contributed by atoms with Crippen LogP contribution in [0.25, 0.3) is 11.1 Å². The normalized spacial score (nSPS) is 18.1. The van der Waals surface area contributed by atoms with Crippen molar-refractivity contribution in [2.75, 3.05) is 38.0 Å². The van der Waals surface area contributed by atoms with E-state index in [1.165, 1.54) is 44.8 Å². The molecule has 3 aliphatic carbocycles. The number of benzene rings is 2. The second kappa shape index (κ2) is 7.80. The molecule has 0 atom stereocenters. The zero-order valence-corrected chi connectivity index (χ0v) is 20.9. The van der Waals surface area contributed by atoms with Crippen molar-refractivity contribution in [1.82, 2.24) is 0 Å². The molecule has 3 aliphatic rings. The Morgan fingerprint density at radius 3 is 1.73 bits per heavy atom. The van der Waals surface area contributed by atoms with Crippen molar-refractivity contribution in [3.63, 3.8) is 0 Å². The van der Waals surface area contributed by atoms with Crippen LogP contribution in [0.15, 0.2) is 72.9 Å². The standard InChI is InChI=1S/C31H36N2/c1-7-30(17-11-12-18-30)26-25-23-16-10-9-15-22(23)21-24(25)28(32(3)4)29(33(5)6)27(26)31(8-2)19-13-14-20-31/h9-20H,7-8,21H2,1-6H3. The van der Waals surface area contributed by atoms with Crippen LogP contribution in [0, 0.1) is 0 Å². The Bertz CT molecular complexity index is 1200. The van der Waals surface area contributed by atoms with Crippen molar-refractivity contribution in [2.24, 2.45) is 0 Å². The van der Waals surface area contributed by atoms with Gasteiger partial charge in [0.05, 0.1) is 11.4 Å². The van der Waals surface area contributed by atoms with Crippen LogP contribution < -0.4 is 9.80 Å². The number of fused-ring (bicyclic) bond motifs is 3. The minimum absolute atomic E-state index is 0.0983. The maximum atomic E-state index is 2.44. The van der Waals surface area contributed by atoms with Crippen LogP contribution in [0.1, 0.15) is 48.9 Å². The van der Waals surface area contributed by atoms with E-state index in [1.807, 2.05) is 0 Å². The van der Waals surface area contributed by atoms with E-state index in [9.17, 15) is 0 Å². The molecule has 33 heavy (non-hydrogen) atoms. The van der Waals surface area contributed by atoms with Crippen molar-refractivity contribution in [2.45, 2.75) is 43.9 Å². The van der Waals surface area contributed by atoms with E-state index in [1.54, 1.807) is 0 Å². The van der Waals surface area contributed by atoms with Crippen LogP contribution in [0.5, 0.6) is 0 Å². The summed E-state index contributed by atoms with van der Waals surface area (Å²) in [6.45, 7) is 4.67. The Hall–Kier alpha value is -3.00. The van der Waals surface area contributed by atoms with Gasteiger partial charge in [-0.25, -0.2) is 0 Å². The molecule has 2 aromatic carbocycles. The second-order valence-electron chi connectivity index (χ2n) is 10.1. The third-order valence-corrected chi connectivity index (χ3v) is 7.99. The summed E-state index contributed by atoms with van der Waals surface area (Å²) in [5.74, 6) is 0. The van der Waals surface area contributed by atoms with Crippen molar-refractivity contribution >= 4 is 11.4 Å². The van der Waals surface area contributed by atoms with Gasteiger partial charge in [0.1, 0.15) is 0 Å². The van der Waals surface area contributed by atoms with E-state index in [4.69, 9.17) is 0 Å². The summed E-state index contributed by atoms with van der Waals surface area (Å²) in [7, 11) is 8.85. The van der Waals surface area contributed by atoms with Gasteiger partial charge in [-0.3, -0.25) is 0 Å². The largest absolute Gasteiger partial charge is 0.376 e. The number of allylic oxidation sites excluding steroid dienone is 8. The van der Waals surface area contributed by atoms with Gasteiger partial charge in [0.15, 0.2) is 0 Å².